The van der Waals surface area contributed by atoms with E-state index in [0.29, 0.717) is 23.9 Å². The predicted octanol–water partition coefficient (Wildman–Crippen LogP) is 3.97. The molecule has 0 saturated heterocycles. The standard InChI is InChI=1S/C20H22N2O2/c1-4-6-14(5-2)20(23)21-12-11-16-8-7-15-9-10-17-19(18(15)16)24-13(3)22-17/h4-6,9-10,16H,1-2,7-8,11-12H2,3H3,(H,21,23)/b14-6+. The zero-order valence-corrected chi connectivity index (χ0v) is 14.0. The Kier molecular flexibility index (Phi) is 4.65. The van der Waals surface area contributed by atoms with Crippen molar-refractivity contribution >= 4 is 17.0 Å². The van der Waals surface area contributed by atoms with Crippen molar-refractivity contribution in [1.82, 2.24) is 10.3 Å². The summed E-state index contributed by atoms with van der Waals surface area (Å²) < 4.78 is 5.82. The van der Waals surface area contributed by atoms with Crippen LogP contribution in [0.4, 0.5) is 0 Å². The van der Waals surface area contributed by atoms with E-state index in [9.17, 15) is 4.79 Å². The van der Waals surface area contributed by atoms with Crippen molar-refractivity contribution in [3.05, 3.63) is 66.1 Å². The van der Waals surface area contributed by atoms with Gasteiger partial charge in [-0.25, -0.2) is 4.98 Å². The second-order valence-corrected chi connectivity index (χ2v) is 6.06. The first-order valence-electron chi connectivity index (χ1n) is 8.26. The van der Waals surface area contributed by atoms with E-state index in [4.69, 9.17) is 4.42 Å². The smallest absolute Gasteiger partial charge is 0.251 e. The number of fused-ring (bicyclic) bond motifs is 3. The van der Waals surface area contributed by atoms with Gasteiger partial charge in [0.15, 0.2) is 11.5 Å². The number of nitrogens with zero attached hydrogens (tertiary/aromatic N) is 1. The molecule has 2 aromatic rings. The monoisotopic (exact) mass is 322 g/mol. The minimum absolute atomic E-state index is 0.114. The lowest BCUT2D eigenvalue weighted by Gasteiger charge is -2.12. The molecule has 0 aliphatic heterocycles. The van der Waals surface area contributed by atoms with Crippen LogP contribution in [-0.2, 0) is 11.2 Å². The van der Waals surface area contributed by atoms with Crippen molar-refractivity contribution in [1.29, 1.82) is 0 Å². The highest BCUT2D eigenvalue weighted by atomic mass is 16.3. The molecule has 0 spiro atoms. The molecule has 0 saturated carbocycles. The number of benzene rings is 1. The van der Waals surface area contributed by atoms with Gasteiger partial charge >= 0.3 is 0 Å². The first-order chi connectivity index (χ1) is 11.6. The van der Waals surface area contributed by atoms with Gasteiger partial charge in [0.1, 0.15) is 5.52 Å². The zero-order valence-electron chi connectivity index (χ0n) is 14.0. The molecule has 1 N–H and O–H groups in total. The summed E-state index contributed by atoms with van der Waals surface area (Å²) in [5.74, 6) is 0.978. The van der Waals surface area contributed by atoms with E-state index in [1.54, 1.807) is 18.2 Å². The summed E-state index contributed by atoms with van der Waals surface area (Å²) >= 11 is 0. The number of rotatable bonds is 6. The fourth-order valence-electron chi connectivity index (χ4n) is 3.42. The van der Waals surface area contributed by atoms with E-state index in [0.717, 1.165) is 30.4 Å². The third-order valence-electron chi connectivity index (χ3n) is 4.52. The van der Waals surface area contributed by atoms with Gasteiger partial charge in [0.2, 0.25) is 0 Å². The molecule has 1 aliphatic carbocycles. The summed E-state index contributed by atoms with van der Waals surface area (Å²) in [6.07, 6.45) is 7.82. The zero-order chi connectivity index (χ0) is 17.1. The molecule has 1 unspecified atom stereocenters. The molecule has 1 heterocycles. The Morgan fingerprint density at radius 2 is 2.29 bits per heavy atom. The first-order valence-corrected chi connectivity index (χ1v) is 8.26. The quantitative estimate of drug-likeness (QED) is 0.647. The van der Waals surface area contributed by atoms with Crippen molar-refractivity contribution in [2.24, 2.45) is 0 Å². The fourth-order valence-corrected chi connectivity index (χ4v) is 3.42. The maximum Gasteiger partial charge on any atom is 0.251 e. The summed E-state index contributed by atoms with van der Waals surface area (Å²) in [5, 5.41) is 2.96. The number of carbonyl (C=O) groups excluding carboxylic acids is 1. The molecular formula is C20H22N2O2. The van der Waals surface area contributed by atoms with Crippen LogP contribution < -0.4 is 5.32 Å². The van der Waals surface area contributed by atoms with E-state index in [2.05, 4.69) is 29.5 Å². The van der Waals surface area contributed by atoms with Gasteiger partial charge < -0.3 is 9.73 Å². The fraction of sp³-hybridized carbons (Fsp3) is 0.300. The Morgan fingerprint density at radius 1 is 1.46 bits per heavy atom. The van der Waals surface area contributed by atoms with Gasteiger partial charge in [0.05, 0.1) is 0 Å². The van der Waals surface area contributed by atoms with Gasteiger partial charge in [-0.05, 0) is 36.8 Å². The second-order valence-electron chi connectivity index (χ2n) is 6.06. The van der Waals surface area contributed by atoms with Crippen LogP contribution in [0.3, 0.4) is 0 Å². The van der Waals surface area contributed by atoms with Crippen LogP contribution in [-0.4, -0.2) is 17.4 Å². The molecule has 1 aromatic carbocycles. The maximum atomic E-state index is 12.1. The average molecular weight is 322 g/mol. The molecule has 124 valence electrons. The SMILES string of the molecule is C=C/C=C(\C=C)C(=O)NCCC1CCc2ccc3nc(C)oc3c21. The van der Waals surface area contributed by atoms with Gasteiger partial charge in [-0.15, -0.1) is 0 Å². The summed E-state index contributed by atoms with van der Waals surface area (Å²) in [4.78, 5) is 16.5. The van der Waals surface area contributed by atoms with Crippen LogP contribution in [0.5, 0.6) is 0 Å². The summed E-state index contributed by atoms with van der Waals surface area (Å²) in [6.45, 7) is 9.76. The van der Waals surface area contributed by atoms with E-state index < -0.39 is 0 Å². The summed E-state index contributed by atoms with van der Waals surface area (Å²) in [7, 11) is 0. The van der Waals surface area contributed by atoms with Crippen molar-refractivity contribution in [2.45, 2.75) is 32.1 Å². The number of hydrogen-bond donors (Lipinski definition) is 1. The number of oxazole rings is 1. The number of allylic oxidation sites excluding steroid dienone is 2. The second kappa shape index (κ2) is 6.87. The summed E-state index contributed by atoms with van der Waals surface area (Å²) in [5.41, 5.74) is 4.98. The molecule has 24 heavy (non-hydrogen) atoms. The molecule has 1 atom stereocenters. The Labute approximate surface area is 142 Å². The summed E-state index contributed by atoms with van der Waals surface area (Å²) in [6, 6.07) is 4.19. The molecule has 1 amide bonds. The minimum atomic E-state index is -0.114. The number of carbonyl (C=O) groups is 1. The normalized spacial score (nSPS) is 16.9. The van der Waals surface area contributed by atoms with Crippen molar-refractivity contribution in [3.8, 4) is 0 Å². The highest BCUT2D eigenvalue weighted by Crippen LogP contribution is 2.40. The van der Waals surface area contributed by atoms with Crippen LogP contribution in [0, 0.1) is 6.92 Å². The molecular weight excluding hydrogens is 300 g/mol. The number of hydrogen-bond acceptors (Lipinski definition) is 3. The maximum absolute atomic E-state index is 12.1. The largest absolute Gasteiger partial charge is 0.441 e. The van der Waals surface area contributed by atoms with Gasteiger partial charge in [-0.1, -0.05) is 37.5 Å². The molecule has 4 nitrogen and oxygen atoms in total. The minimum Gasteiger partial charge on any atom is -0.441 e. The molecule has 0 bridgehead atoms. The topological polar surface area (TPSA) is 55.1 Å². The van der Waals surface area contributed by atoms with Crippen LogP contribution in [0.15, 0.2) is 53.5 Å². The van der Waals surface area contributed by atoms with Gasteiger partial charge in [0, 0.05) is 24.6 Å². The van der Waals surface area contributed by atoms with Gasteiger partial charge in [0.25, 0.3) is 5.91 Å². The lowest BCUT2D eigenvalue weighted by Crippen LogP contribution is -2.26. The molecule has 1 aliphatic rings. The lowest BCUT2D eigenvalue weighted by atomic mass is 9.97. The molecule has 0 fully saturated rings. The van der Waals surface area contributed by atoms with E-state index in [1.165, 1.54) is 11.1 Å². The van der Waals surface area contributed by atoms with E-state index >= 15 is 0 Å². The van der Waals surface area contributed by atoms with E-state index in [1.807, 2.05) is 13.0 Å². The van der Waals surface area contributed by atoms with Crippen molar-refractivity contribution < 1.29 is 9.21 Å². The molecule has 3 rings (SSSR count). The van der Waals surface area contributed by atoms with Gasteiger partial charge in [-0.2, -0.15) is 0 Å². The molecule has 1 aromatic heterocycles. The highest BCUT2D eigenvalue weighted by Gasteiger charge is 2.27. The predicted molar refractivity (Wildman–Crippen MR) is 95.9 cm³/mol. The third kappa shape index (κ3) is 3.04. The van der Waals surface area contributed by atoms with Crippen LogP contribution >= 0.6 is 0 Å². The first kappa shape index (κ1) is 16.2. The lowest BCUT2D eigenvalue weighted by molar-refractivity contribution is -0.117. The average Bonchev–Trinajstić information content (AvgIpc) is 3.14. The number of aromatic nitrogens is 1. The van der Waals surface area contributed by atoms with Crippen molar-refractivity contribution in [2.75, 3.05) is 6.54 Å². The number of nitrogens with one attached hydrogen (secondary N) is 1. The molecule has 4 heteroatoms. The van der Waals surface area contributed by atoms with E-state index in [-0.39, 0.29) is 5.91 Å². The Morgan fingerprint density at radius 3 is 3.04 bits per heavy atom. The number of aryl methyl sites for hydroxylation is 2. The third-order valence-corrected chi connectivity index (χ3v) is 4.52. The van der Waals surface area contributed by atoms with Crippen molar-refractivity contribution in [3.63, 3.8) is 0 Å². The highest BCUT2D eigenvalue weighted by molar-refractivity contribution is 5.96. The Bertz CT molecular complexity index is 830. The van der Waals surface area contributed by atoms with Gasteiger partial charge in [-0.3, -0.25) is 4.79 Å². The Balaban J connectivity index is 1.70. The van der Waals surface area contributed by atoms with Crippen LogP contribution in [0.1, 0.15) is 35.8 Å². The number of amides is 1. The van der Waals surface area contributed by atoms with Crippen LogP contribution in [0.25, 0.3) is 11.1 Å². The van der Waals surface area contributed by atoms with Crippen LogP contribution in [0.2, 0.25) is 0 Å². The molecule has 0 radical (unpaired) electrons. The Hall–Kier alpha value is -2.62.